The maximum atomic E-state index is 13.1. The summed E-state index contributed by atoms with van der Waals surface area (Å²) in [7, 11) is 0. The lowest BCUT2D eigenvalue weighted by molar-refractivity contribution is 0.0944. The number of hydrogen-bond donors (Lipinski definition) is 2. The molecular formula is C16H16FNO3. The molecule has 0 atom stereocenters. The molecule has 2 aromatic carbocycles. The average Bonchev–Trinajstić information content (AvgIpc) is 2.51. The summed E-state index contributed by atoms with van der Waals surface area (Å²) in [5.41, 5.74) is 1.16. The van der Waals surface area contributed by atoms with Crippen LogP contribution in [0.25, 0.3) is 0 Å². The minimum atomic E-state index is -0.312. The second kappa shape index (κ2) is 7.40. The van der Waals surface area contributed by atoms with E-state index in [1.54, 1.807) is 36.4 Å². The fourth-order valence-electron chi connectivity index (χ4n) is 1.79. The Morgan fingerprint density at radius 2 is 2.00 bits per heavy atom. The fraction of sp³-hybridized carbons (Fsp3) is 0.188. The van der Waals surface area contributed by atoms with Gasteiger partial charge in [-0.1, -0.05) is 18.2 Å². The third-order valence-electron chi connectivity index (χ3n) is 2.79. The summed E-state index contributed by atoms with van der Waals surface area (Å²) in [4.78, 5) is 11.7. The van der Waals surface area contributed by atoms with Gasteiger partial charge in [-0.05, 0) is 35.9 Å². The minimum Gasteiger partial charge on any atom is -0.489 e. The number of carbonyl (C=O) groups is 1. The van der Waals surface area contributed by atoms with Crippen LogP contribution in [0.2, 0.25) is 0 Å². The van der Waals surface area contributed by atoms with Crippen LogP contribution in [0, 0.1) is 5.82 Å². The normalized spacial score (nSPS) is 10.2. The number of aliphatic hydroxyl groups excluding tert-OH is 1. The van der Waals surface area contributed by atoms with Gasteiger partial charge in [0.15, 0.2) is 0 Å². The van der Waals surface area contributed by atoms with Crippen LogP contribution >= 0.6 is 0 Å². The van der Waals surface area contributed by atoms with E-state index < -0.39 is 0 Å². The standard InChI is InChI=1S/C16H16FNO3/c17-14-5-1-3-12(9-14)11-21-15-6-2-4-13(10-15)16(20)18-7-8-19/h1-6,9-10,19H,7-8,11H2,(H,18,20). The van der Waals surface area contributed by atoms with Crippen LogP contribution in [0.4, 0.5) is 4.39 Å². The topological polar surface area (TPSA) is 58.6 Å². The quantitative estimate of drug-likeness (QED) is 0.856. The first kappa shape index (κ1) is 15.0. The Kier molecular flexibility index (Phi) is 5.29. The molecule has 4 nitrogen and oxygen atoms in total. The smallest absolute Gasteiger partial charge is 0.251 e. The summed E-state index contributed by atoms with van der Waals surface area (Å²) in [6, 6.07) is 12.8. The molecule has 2 rings (SSSR count). The lowest BCUT2D eigenvalue weighted by Crippen LogP contribution is -2.26. The number of rotatable bonds is 6. The SMILES string of the molecule is O=C(NCCO)c1cccc(OCc2cccc(F)c2)c1. The third kappa shape index (κ3) is 4.57. The molecule has 5 heteroatoms. The zero-order chi connectivity index (χ0) is 15.1. The Balaban J connectivity index is 1.99. The van der Waals surface area contributed by atoms with Gasteiger partial charge in [0.25, 0.3) is 5.91 Å². The summed E-state index contributed by atoms with van der Waals surface area (Å²) < 4.78 is 18.6. The van der Waals surface area contributed by atoms with Crippen LogP contribution in [0.5, 0.6) is 5.75 Å². The highest BCUT2D eigenvalue weighted by molar-refractivity contribution is 5.94. The Morgan fingerprint density at radius 1 is 1.19 bits per heavy atom. The van der Waals surface area contributed by atoms with Crippen LogP contribution in [0.1, 0.15) is 15.9 Å². The molecule has 0 aromatic heterocycles. The van der Waals surface area contributed by atoms with Crippen LogP contribution in [-0.4, -0.2) is 24.2 Å². The first-order valence-electron chi connectivity index (χ1n) is 6.55. The van der Waals surface area contributed by atoms with Gasteiger partial charge in [-0.3, -0.25) is 4.79 Å². The maximum Gasteiger partial charge on any atom is 0.251 e. The van der Waals surface area contributed by atoms with Gasteiger partial charge in [-0.15, -0.1) is 0 Å². The third-order valence-corrected chi connectivity index (χ3v) is 2.79. The van der Waals surface area contributed by atoms with Crippen molar-refractivity contribution in [2.24, 2.45) is 0 Å². The van der Waals surface area contributed by atoms with Crippen LogP contribution < -0.4 is 10.1 Å². The molecule has 0 aliphatic carbocycles. The van der Waals surface area contributed by atoms with Crippen molar-refractivity contribution in [1.82, 2.24) is 5.32 Å². The molecule has 0 saturated heterocycles. The molecule has 0 radical (unpaired) electrons. The fourth-order valence-corrected chi connectivity index (χ4v) is 1.79. The van der Waals surface area contributed by atoms with Gasteiger partial charge in [0.05, 0.1) is 6.61 Å². The zero-order valence-electron chi connectivity index (χ0n) is 11.4. The van der Waals surface area contributed by atoms with Crippen LogP contribution in [-0.2, 0) is 6.61 Å². The molecule has 0 spiro atoms. The van der Waals surface area contributed by atoms with Crippen molar-refractivity contribution in [3.63, 3.8) is 0 Å². The van der Waals surface area contributed by atoms with E-state index in [1.807, 2.05) is 0 Å². The monoisotopic (exact) mass is 289 g/mol. The minimum absolute atomic E-state index is 0.110. The molecule has 2 aromatic rings. The number of hydrogen-bond acceptors (Lipinski definition) is 3. The van der Waals surface area contributed by atoms with Gasteiger partial charge >= 0.3 is 0 Å². The maximum absolute atomic E-state index is 13.1. The average molecular weight is 289 g/mol. The molecule has 0 unspecified atom stereocenters. The number of aliphatic hydroxyl groups is 1. The van der Waals surface area contributed by atoms with E-state index in [1.165, 1.54) is 12.1 Å². The number of nitrogens with one attached hydrogen (secondary N) is 1. The van der Waals surface area contributed by atoms with E-state index in [0.29, 0.717) is 16.9 Å². The predicted octanol–water partition coefficient (Wildman–Crippen LogP) is 2.13. The van der Waals surface area contributed by atoms with E-state index in [4.69, 9.17) is 9.84 Å². The molecule has 0 aliphatic rings. The van der Waals surface area contributed by atoms with E-state index in [0.717, 1.165) is 0 Å². The molecule has 21 heavy (non-hydrogen) atoms. The number of benzene rings is 2. The Morgan fingerprint density at radius 3 is 2.76 bits per heavy atom. The second-order valence-electron chi connectivity index (χ2n) is 4.43. The Hall–Kier alpha value is -2.40. The number of amides is 1. The zero-order valence-corrected chi connectivity index (χ0v) is 11.4. The number of carbonyl (C=O) groups excluding carboxylic acids is 1. The first-order valence-corrected chi connectivity index (χ1v) is 6.55. The Labute approximate surface area is 122 Å². The van der Waals surface area contributed by atoms with E-state index in [-0.39, 0.29) is 31.5 Å². The van der Waals surface area contributed by atoms with Gasteiger partial charge in [-0.25, -0.2) is 4.39 Å². The molecule has 0 aliphatic heterocycles. The molecule has 110 valence electrons. The molecule has 0 saturated carbocycles. The van der Waals surface area contributed by atoms with Gasteiger partial charge in [0.1, 0.15) is 18.2 Å². The second-order valence-corrected chi connectivity index (χ2v) is 4.43. The molecule has 1 amide bonds. The van der Waals surface area contributed by atoms with Crippen LogP contribution in [0.3, 0.4) is 0 Å². The molecule has 0 bridgehead atoms. The van der Waals surface area contributed by atoms with Gasteiger partial charge in [0.2, 0.25) is 0 Å². The molecular weight excluding hydrogens is 273 g/mol. The number of ether oxygens (including phenoxy) is 1. The van der Waals surface area contributed by atoms with Crippen molar-refractivity contribution in [2.75, 3.05) is 13.2 Å². The van der Waals surface area contributed by atoms with Crippen molar-refractivity contribution < 1.29 is 19.0 Å². The van der Waals surface area contributed by atoms with Crippen molar-refractivity contribution >= 4 is 5.91 Å². The van der Waals surface area contributed by atoms with Crippen molar-refractivity contribution in [2.45, 2.75) is 6.61 Å². The van der Waals surface area contributed by atoms with E-state index >= 15 is 0 Å². The van der Waals surface area contributed by atoms with E-state index in [2.05, 4.69) is 5.32 Å². The highest BCUT2D eigenvalue weighted by atomic mass is 19.1. The van der Waals surface area contributed by atoms with Gasteiger partial charge < -0.3 is 15.2 Å². The lowest BCUT2D eigenvalue weighted by Gasteiger charge is -2.08. The predicted molar refractivity (Wildman–Crippen MR) is 76.6 cm³/mol. The molecule has 2 N–H and O–H groups in total. The summed E-state index contributed by atoms with van der Waals surface area (Å²) >= 11 is 0. The summed E-state index contributed by atoms with van der Waals surface area (Å²) in [6.07, 6.45) is 0. The summed E-state index contributed by atoms with van der Waals surface area (Å²) in [6.45, 7) is 0.314. The highest BCUT2D eigenvalue weighted by Crippen LogP contribution is 2.15. The summed E-state index contributed by atoms with van der Waals surface area (Å²) in [5, 5.41) is 11.2. The van der Waals surface area contributed by atoms with Crippen molar-refractivity contribution in [3.05, 3.63) is 65.5 Å². The highest BCUT2D eigenvalue weighted by Gasteiger charge is 2.06. The Bertz CT molecular complexity index is 616. The molecule has 0 heterocycles. The van der Waals surface area contributed by atoms with Crippen molar-refractivity contribution in [1.29, 1.82) is 0 Å². The first-order chi connectivity index (χ1) is 10.2. The van der Waals surface area contributed by atoms with Gasteiger partial charge in [0, 0.05) is 12.1 Å². The summed E-state index contributed by atoms with van der Waals surface area (Å²) in [5.74, 6) is -0.0654. The van der Waals surface area contributed by atoms with Crippen LogP contribution in [0.15, 0.2) is 48.5 Å². The van der Waals surface area contributed by atoms with E-state index in [9.17, 15) is 9.18 Å². The van der Waals surface area contributed by atoms with Gasteiger partial charge in [-0.2, -0.15) is 0 Å². The largest absolute Gasteiger partial charge is 0.489 e. The lowest BCUT2D eigenvalue weighted by atomic mass is 10.2. The molecule has 0 fully saturated rings. The van der Waals surface area contributed by atoms with Crippen molar-refractivity contribution in [3.8, 4) is 5.75 Å². The number of halogens is 1.